The standard InChI is InChI=1S/C33H39BrN6O4/c1-38-19-23(16-24(20-38)36-29-18-35-39(2)33(43)31(29)34)21-6-8-25(9-7-21)40-14-12-26(13-15-40)44-27-5-3-4-22(17-27)28-10-11-30(41)37-32(28)42/h3-9,17-18,23-24,26,28,36H,10-16,19-20H2,1-2H3,(H,37,41,42)/t23-,24+,28?/m0/s1. The first-order chi connectivity index (χ1) is 21.2. The van der Waals surface area contributed by atoms with Crippen LogP contribution in [0, 0.1) is 0 Å². The van der Waals surface area contributed by atoms with Gasteiger partial charge in [0.15, 0.2) is 0 Å². The van der Waals surface area contributed by atoms with Crippen molar-refractivity contribution in [2.75, 3.05) is 43.4 Å². The Morgan fingerprint density at radius 1 is 0.977 bits per heavy atom. The second-order valence-corrected chi connectivity index (χ2v) is 13.1. The van der Waals surface area contributed by atoms with E-state index in [1.165, 1.54) is 15.9 Å². The maximum absolute atomic E-state index is 12.3. The lowest BCUT2D eigenvalue weighted by molar-refractivity contribution is -0.134. The summed E-state index contributed by atoms with van der Waals surface area (Å²) in [6.07, 6.45) is 5.52. The van der Waals surface area contributed by atoms with Crippen LogP contribution < -0.4 is 25.8 Å². The number of piperidine rings is 3. The van der Waals surface area contributed by atoms with E-state index in [-0.39, 0.29) is 35.4 Å². The van der Waals surface area contributed by atoms with Crippen molar-refractivity contribution in [2.24, 2.45) is 7.05 Å². The monoisotopic (exact) mass is 662 g/mol. The van der Waals surface area contributed by atoms with Gasteiger partial charge in [-0.05, 0) is 77.1 Å². The smallest absolute Gasteiger partial charge is 0.282 e. The number of carbonyl (C=O) groups excluding carboxylic acids is 2. The number of nitrogens with one attached hydrogen (secondary N) is 2. The molecule has 0 bridgehead atoms. The molecule has 3 aliphatic heterocycles. The summed E-state index contributed by atoms with van der Waals surface area (Å²) in [4.78, 5) is 40.9. The molecule has 0 aliphatic carbocycles. The SMILES string of the molecule is CN1C[C@H](Nc2cnn(C)c(=O)c2Br)C[C@H](c2ccc(N3CCC(Oc4cccc(C5CCC(=O)NC5=O)c4)CC3)cc2)C1. The molecule has 2 amide bonds. The zero-order chi connectivity index (χ0) is 30.8. The van der Waals surface area contributed by atoms with Crippen molar-refractivity contribution in [3.63, 3.8) is 0 Å². The summed E-state index contributed by atoms with van der Waals surface area (Å²) < 4.78 is 8.19. The Hall–Kier alpha value is -3.70. The highest BCUT2D eigenvalue weighted by Crippen LogP contribution is 2.32. The first kappa shape index (κ1) is 30.3. The van der Waals surface area contributed by atoms with E-state index in [0.29, 0.717) is 23.2 Å². The molecule has 3 fully saturated rings. The third-order valence-electron chi connectivity index (χ3n) is 9.04. The Labute approximate surface area is 265 Å². The lowest BCUT2D eigenvalue weighted by Gasteiger charge is -2.37. The number of carbonyl (C=O) groups is 2. The molecule has 3 aliphatic rings. The Bertz CT molecular complexity index is 1570. The van der Waals surface area contributed by atoms with Crippen molar-refractivity contribution in [2.45, 2.75) is 56.1 Å². The van der Waals surface area contributed by atoms with Gasteiger partial charge in [0.1, 0.15) is 16.3 Å². The van der Waals surface area contributed by atoms with Crippen LogP contribution in [0.25, 0.3) is 0 Å². The van der Waals surface area contributed by atoms with Crippen LogP contribution >= 0.6 is 15.9 Å². The van der Waals surface area contributed by atoms with E-state index in [0.717, 1.165) is 62.4 Å². The minimum absolute atomic E-state index is 0.116. The highest BCUT2D eigenvalue weighted by Gasteiger charge is 2.30. The van der Waals surface area contributed by atoms with E-state index in [1.54, 1.807) is 13.2 Å². The Morgan fingerprint density at radius 2 is 1.75 bits per heavy atom. The summed E-state index contributed by atoms with van der Waals surface area (Å²) in [6, 6.07) is 16.9. The molecule has 11 heteroatoms. The molecular formula is C33H39BrN6O4. The van der Waals surface area contributed by atoms with Crippen molar-refractivity contribution >= 4 is 39.1 Å². The number of aryl methyl sites for hydroxylation is 1. The zero-order valence-corrected chi connectivity index (χ0v) is 26.8. The summed E-state index contributed by atoms with van der Waals surface area (Å²) in [7, 11) is 3.79. The summed E-state index contributed by atoms with van der Waals surface area (Å²) in [6.45, 7) is 3.71. The number of hydrogen-bond acceptors (Lipinski definition) is 8. The average Bonchev–Trinajstić information content (AvgIpc) is 3.02. The zero-order valence-electron chi connectivity index (χ0n) is 25.2. The first-order valence-electron chi connectivity index (χ1n) is 15.4. The van der Waals surface area contributed by atoms with Crippen molar-refractivity contribution in [3.8, 4) is 5.75 Å². The second kappa shape index (κ2) is 13.1. The molecule has 232 valence electrons. The molecule has 3 atom stereocenters. The number of halogens is 1. The Balaban J connectivity index is 1.03. The van der Waals surface area contributed by atoms with Gasteiger partial charge >= 0.3 is 0 Å². The van der Waals surface area contributed by atoms with E-state index in [9.17, 15) is 14.4 Å². The molecule has 3 aromatic rings. The van der Waals surface area contributed by atoms with Crippen LogP contribution in [0.1, 0.15) is 55.1 Å². The van der Waals surface area contributed by atoms with Gasteiger partial charge in [0.05, 0.1) is 17.8 Å². The molecule has 10 nitrogen and oxygen atoms in total. The van der Waals surface area contributed by atoms with E-state index >= 15 is 0 Å². The van der Waals surface area contributed by atoms with Gasteiger partial charge in [-0.25, -0.2) is 4.68 Å². The molecule has 1 unspecified atom stereocenters. The van der Waals surface area contributed by atoms with Crippen LogP contribution in [0.3, 0.4) is 0 Å². The van der Waals surface area contributed by atoms with Crippen LogP contribution in [0.2, 0.25) is 0 Å². The number of imide groups is 1. The maximum atomic E-state index is 12.3. The number of hydrogen-bond donors (Lipinski definition) is 2. The van der Waals surface area contributed by atoms with Crippen LogP contribution in [0.15, 0.2) is 64.0 Å². The minimum atomic E-state index is -0.309. The summed E-state index contributed by atoms with van der Waals surface area (Å²) >= 11 is 3.44. The topological polar surface area (TPSA) is 109 Å². The van der Waals surface area contributed by atoms with Gasteiger partial charge in [0.2, 0.25) is 11.8 Å². The van der Waals surface area contributed by atoms with Crippen LogP contribution in [0.5, 0.6) is 5.75 Å². The number of likely N-dealkylation sites (tertiary alicyclic amines) is 1. The third-order valence-corrected chi connectivity index (χ3v) is 9.81. The molecule has 0 spiro atoms. The number of anilines is 2. The van der Waals surface area contributed by atoms with Gasteiger partial charge in [-0.15, -0.1) is 0 Å². The summed E-state index contributed by atoms with van der Waals surface area (Å²) in [5.41, 5.74) is 4.02. The molecular weight excluding hydrogens is 624 g/mol. The molecule has 6 rings (SSSR count). The lowest BCUT2D eigenvalue weighted by atomic mass is 9.88. The first-order valence-corrected chi connectivity index (χ1v) is 16.1. The third kappa shape index (κ3) is 6.83. The fourth-order valence-corrected chi connectivity index (χ4v) is 7.17. The van der Waals surface area contributed by atoms with E-state index in [4.69, 9.17) is 4.74 Å². The van der Waals surface area contributed by atoms with Gasteiger partial charge in [0, 0.05) is 64.2 Å². The van der Waals surface area contributed by atoms with Gasteiger partial charge in [-0.2, -0.15) is 5.10 Å². The van der Waals surface area contributed by atoms with E-state index < -0.39 is 0 Å². The number of nitrogens with zero attached hydrogens (tertiary/aromatic N) is 4. The quantitative estimate of drug-likeness (QED) is 0.366. The van der Waals surface area contributed by atoms with Crippen LogP contribution in [-0.4, -0.2) is 71.9 Å². The van der Waals surface area contributed by atoms with E-state index in [1.807, 2.05) is 24.3 Å². The number of aromatic nitrogens is 2. The average molecular weight is 664 g/mol. The molecule has 44 heavy (non-hydrogen) atoms. The Kier molecular flexibility index (Phi) is 9.04. The molecule has 1 aromatic heterocycles. The molecule has 2 aromatic carbocycles. The highest BCUT2D eigenvalue weighted by molar-refractivity contribution is 9.10. The number of ether oxygens (including phenoxy) is 1. The van der Waals surface area contributed by atoms with E-state index in [2.05, 4.69) is 72.8 Å². The minimum Gasteiger partial charge on any atom is -0.490 e. The van der Waals surface area contributed by atoms with Gasteiger partial charge < -0.3 is 19.9 Å². The fraction of sp³-hybridized carbons (Fsp3) is 0.455. The predicted octanol–water partition coefficient (Wildman–Crippen LogP) is 4.01. The van der Waals surface area contributed by atoms with Crippen molar-refractivity contribution in [1.82, 2.24) is 20.0 Å². The van der Waals surface area contributed by atoms with Gasteiger partial charge in [-0.3, -0.25) is 19.7 Å². The number of benzene rings is 2. The number of likely N-dealkylation sites (N-methyl/N-ethyl adjacent to an activating group) is 1. The largest absolute Gasteiger partial charge is 0.490 e. The van der Waals surface area contributed by atoms with Crippen LogP contribution in [0.4, 0.5) is 11.4 Å². The van der Waals surface area contributed by atoms with Crippen LogP contribution in [-0.2, 0) is 16.6 Å². The van der Waals surface area contributed by atoms with Crippen molar-refractivity contribution < 1.29 is 14.3 Å². The summed E-state index contributed by atoms with van der Waals surface area (Å²) in [5, 5.41) is 10.2. The lowest BCUT2D eigenvalue weighted by Crippen LogP contribution is -2.43. The van der Waals surface area contributed by atoms with Crippen molar-refractivity contribution in [3.05, 3.63) is 80.7 Å². The van der Waals surface area contributed by atoms with Gasteiger partial charge in [0.25, 0.3) is 5.56 Å². The highest BCUT2D eigenvalue weighted by atomic mass is 79.9. The molecule has 2 N–H and O–H groups in total. The molecule has 4 heterocycles. The molecule has 0 radical (unpaired) electrons. The van der Waals surface area contributed by atoms with Gasteiger partial charge in [-0.1, -0.05) is 24.3 Å². The second-order valence-electron chi connectivity index (χ2n) is 12.3. The summed E-state index contributed by atoms with van der Waals surface area (Å²) in [5.74, 6) is 0.423. The van der Waals surface area contributed by atoms with Crippen molar-refractivity contribution in [1.29, 1.82) is 0 Å². The maximum Gasteiger partial charge on any atom is 0.282 e. The normalized spacial score (nSPS) is 23.3. The fourth-order valence-electron chi connectivity index (χ4n) is 6.69. The number of amides is 2. The Morgan fingerprint density at radius 3 is 2.50 bits per heavy atom. The molecule has 0 saturated carbocycles. The number of rotatable bonds is 7. The molecule has 3 saturated heterocycles. The predicted molar refractivity (Wildman–Crippen MR) is 173 cm³/mol.